The summed E-state index contributed by atoms with van der Waals surface area (Å²) in [5.41, 5.74) is -1.61. The second-order valence-corrected chi connectivity index (χ2v) is 3.41. The van der Waals surface area contributed by atoms with Crippen molar-refractivity contribution >= 4 is 5.97 Å². The third kappa shape index (κ3) is 4.27. The number of alkyl halides is 3. The van der Waals surface area contributed by atoms with Crippen LogP contribution in [0.2, 0.25) is 0 Å². The summed E-state index contributed by atoms with van der Waals surface area (Å²) in [6, 6.07) is 6.02. The van der Waals surface area contributed by atoms with E-state index in [2.05, 4.69) is 9.47 Å². The lowest BCUT2D eigenvalue weighted by Crippen LogP contribution is -2.24. The van der Waals surface area contributed by atoms with Gasteiger partial charge < -0.3 is 9.47 Å². The molecule has 0 atom stereocenters. The summed E-state index contributed by atoms with van der Waals surface area (Å²) >= 11 is 0. The third-order valence-corrected chi connectivity index (χ3v) is 2.08. The summed E-state index contributed by atoms with van der Waals surface area (Å²) in [7, 11) is 0.686. The molecule has 0 spiro atoms. The zero-order chi connectivity index (χ0) is 14.5. The molecule has 19 heavy (non-hydrogen) atoms. The van der Waals surface area contributed by atoms with Crippen LogP contribution < -0.4 is 0 Å². The molecule has 0 saturated heterocycles. The van der Waals surface area contributed by atoms with Gasteiger partial charge in [0.15, 0.2) is 0 Å². The number of benzene rings is 1. The van der Waals surface area contributed by atoms with Gasteiger partial charge in [0.1, 0.15) is 6.61 Å². The molecule has 0 fully saturated rings. The van der Waals surface area contributed by atoms with Crippen molar-refractivity contribution in [2.24, 2.45) is 0 Å². The van der Waals surface area contributed by atoms with Gasteiger partial charge in [-0.3, -0.25) is 0 Å². The Morgan fingerprint density at radius 3 is 2.26 bits per heavy atom. The number of halogens is 4. The van der Waals surface area contributed by atoms with Crippen molar-refractivity contribution in [2.45, 2.75) is 12.8 Å². The van der Waals surface area contributed by atoms with Crippen LogP contribution in [0.3, 0.4) is 0 Å². The zero-order valence-electron chi connectivity index (χ0n) is 9.83. The van der Waals surface area contributed by atoms with E-state index in [1.54, 1.807) is 30.3 Å². The fourth-order valence-corrected chi connectivity index (χ4v) is 1.20. The molecule has 0 amide bonds. The second-order valence-electron chi connectivity index (χ2n) is 3.41. The number of carbonyl (C=O) groups excluding carboxylic acids is 1. The quantitative estimate of drug-likeness (QED) is 0.367. The lowest BCUT2D eigenvalue weighted by atomic mass is 10.2. The largest absolute Gasteiger partial charge is 0.473 e. The maximum Gasteiger partial charge on any atom is 0.429 e. The van der Waals surface area contributed by atoms with Crippen LogP contribution in [0.25, 0.3) is 0 Å². The highest BCUT2D eigenvalue weighted by Gasteiger charge is 2.44. The zero-order valence-corrected chi connectivity index (χ0v) is 9.83. The van der Waals surface area contributed by atoms with Crippen molar-refractivity contribution in [2.75, 3.05) is 7.11 Å². The van der Waals surface area contributed by atoms with Gasteiger partial charge in [-0.1, -0.05) is 30.3 Å². The normalized spacial score (nSPS) is 12.7. The van der Waals surface area contributed by atoms with Crippen molar-refractivity contribution in [1.82, 2.24) is 0 Å². The van der Waals surface area contributed by atoms with E-state index in [0.717, 1.165) is 0 Å². The highest BCUT2D eigenvalue weighted by atomic mass is 19.4. The Morgan fingerprint density at radius 1 is 1.21 bits per heavy atom. The van der Waals surface area contributed by atoms with Crippen molar-refractivity contribution in [3.63, 3.8) is 0 Å². The number of hydrogen-bond donors (Lipinski definition) is 0. The summed E-state index contributed by atoms with van der Waals surface area (Å²) in [6.07, 6.45) is -5.19. The second kappa shape index (κ2) is 6.21. The number of methoxy groups -OCH3 is 1. The van der Waals surface area contributed by atoms with E-state index < -0.39 is 30.3 Å². The maximum absolute atomic E-state index is 12.9. The third-order valence-electron chi connectivity index (χ3n) is 2.08. The summed E-state index contributed by atoms with van der Waals surface area (Å²) in [5, 5.41) is 0. The lowest BCUT2D eigenvalue weighted by molar-refractivity contribution is -0.153. The molecule has 0 unspecified atom stereocenters. The standard InChI is InChI=1S/C12H10F4O3/c1-18-10(13)9(12(14,15)16)11(17)19-7-8-5-3-2-4-6-8/h2-6H,7H2,1H3/b10-9+. The fourth-order valence-electron chi connectivity index (χ4n) is 1.20. The van der Waals surface area contributed by atoms with E-state index in [-0.39, 0.29) is 0 Å². The van der Waals surface area contributed by atoms with Crippen LogP contribution >= 0.6 is 0 Å². The van der Waals surface area contributed by atoms with Gasteiger partial charge in [-0.15, -0.1) is 0 Å². The SMILES string of the molecule is CO/C(F)=C(\C(=O)OCc1ccccc1)C(F)(F)F. The predicted molar refractivity (Wildman–Crippen MR) is 57.4 cm³/mol. The first kappa shape index (κ1) is 15.0. The van der Waals surface area contributed by atoms with Crippen LogP contribution in [0, 0.1) is 0 Å². The number of ether oxygens (including phenoxy) is 2. The van der Waals surface area contributed by atoms with Crippen LogP contribution in [0.4, 0.5) is 17.6 Å². The Labute approximate surface area is 106 Å². The van der Waals surface area contributed by atoms with Crippen LogP contribution in [-0.2, 0) is 20.9 Å². The topological polar surface area (TPSA) is 35.5 Å². The molecule has 0 radical (unpaired) electrons. The Balaban J connectivity index is 2.80. The van der Waals surface area contributed by atoms with Crippen molar-refractivity contribution in [3.05, 3.63) is 47.5 Å². The molecular formula is C12H10F4O3. The van der Waals surface area contributed by atoms with E-state index in [1.165, 1.54) is 0 Å². The smallest absolute Gasteiger partial charge is 0.429 e. The summed E-state index contributed by atoms with van der Waals surface area (Å²) in [4.78, 5) is 11.2. The van der Waals surface area contributed by atoms with Crippen molar-refractivity contribution in [3.8, 4) is 0 Å². The van der Waals surface area contributed by atoms with Gasteiger partial charge in [-0.05, 0) is 5.56 Å². The monoisotopic (exact) mass is 278 g/mol. The first-order valence-corrected chi connectivity index (χ1v) is 5.08. The first-order chi connectivity index (χ1) is 8.86. The van der Waals surface area contributed by atoms with Gasteiger partial charge in [-0.2, -0.15) is 17.6 Å². The number of hydrogen-bond acceptors (Lipinski definition) is 3. The van der Waals surface area contributed by atoms with Crippen molar-refractivity contribution in [1.29, 1.82) is 0 Å². The molecule has 7 heteroatoms. The van der Waals surface area contributed by atoms with Crippen LogP contribution in [-0.4, -0.2) is 19.3 Å². The van der Waals surface area contributed by atoms with Gasteiger partial charge in [0.05, 0.1) is 7.11 Å². The Bertz CT molecular complexity index is 466. The minimum atomic E-state index is -5.19. The van der Waals surface area contributed by atoms with E-state index in [0.29, 0.717) is 12.7 Å². The fraction of sp³-hybridized carbons (Fsp3) is 0.250. The van der Waals surface area contributed by atoms with Crippen LogP contribution in [0.15, 0.2) is 41.9 Å². The van der Waals surface area contributed by atoms with E-state index >= 15 is 0 Å². The molecular weight excluding hydrogens is 268 g/mol. The lowest BCUT2D eigenvalue weighted by Gasteiger charge is -2.11. The molecule has 1 aromatic rings. The van der Waals surface area contributed by atoms with Gasteiger partial charge in [-0.25, -0.2) is 4.79 Å². The molecule has 1 aromatic carbocycles. The van der Waals surface area contributed by atoms with Gasteiger partial charge in [0.25, 0.3) is 6.01 Å². The Hall–Kier alpha value is -2.05. The highest BCUT2D eigenvalue weighted by molar-refractivity contribution is 5.90. The molecule has 0 saturated carbocycles. The molecule has 0 aliphatic heterocycles. The molecule has 104 valence electrons. The number of rotatable bonds is 4. The van der Waals surface area contributed by atoms with E-state index in [4.69, 9.17) is 0 Å². The number of carbonyl (C=O) groups is 1. The van der Waals surface area contributed by atoms with Crippen LogP contribution in [0.5, 0.6) is 0 Å². The van der Waals surface area contributed by atoms with Gasteiger partial charge >= 0.3 is 12.1 Å². The molecule has 0 aliphatic carbocycles. The molecule has 0 aromatic heterocycles. The first-order valence-electron chi connectivity index (χ1n) is 5.08. The van der Waals surface area contributed by atoms with E-state index in [1.807, 2.05) is 0 Å². The molecule has 3 nitrogen and oxygen atoms in total. The summed E-state index contributed by atoms with van der Waals surface area (Å²) in [6.45, 7) is -0.393. The minimum Gasteiger partial charge on any atom is -0.473 e. The molecule has 0 bridgehead atoms. The molecule has 0 N–H and O–H groups in total. The Morgan fingerprint density at radius 2 is 1.79 bits per heavy atom. The average Bonchev–Trinajstić information content (AvgIpc) is 2.36. The highest BCUT2D eigenvalue weighted by Crippen LogP contribution is 2.30. The summed E-state index contributed by atoms with van der Waals surface area (Å²) in [5.74, 6) is -1.82. The van der Waals surface area contributed by atoms with Crippen molar-refractivity contribution < 1.29 is 31.8 Å². The molecule has 1 rings (SSSR count). The average molecular weight is 278 g/mol. The van der Waals surface area contributed by atoms with Gasteiger partial charge in [0, 0.05) is 0 Å². The van der Waals surface area contributed by atoms with E-state index in [9.17, 15) is 22.4 Å². The van der Waals surface area contributed by atoms with Crippen LogP contribution in [0.1, 0.15) is 5.56 Å². The van der Waals surface area contributed by atoms with Gasteiger partial charge in [0.2, 0.25) is 5.57 Å². The molecule has 0 heterocycles. The Kier molecular flexibility index (Phi) is 4.91. The number of esters is 1. The molecule has 0 aliphatic rings. The summed E-state index contributed by atoms with van der Waals surface area (Å²) < 4.78 is 58.5. The minimum absolute atomic E-state index is 0.393. The predicted octanol–water partition coefficient (Wildman–Crippen LogP) is 3.12. The maximum atomic E-state index is 12.9.